The van der Waals surface area contributed by atoms with Crippen molar-refractivity contribution in [1.82, 2.24) is 15.6 Å². The normalized spacial score (nSPS) is 9.89. The smallest absolute Gasteiger partial charge is 0.254 e. The van der Waals surface area contributed by atoms with Crippen LogP contribution in [0.1, 0.15) is 30.1 Å². The third-order valence-corrected chi connectivity index (χ3v) is 2.51. The van der Waals surface area contributed by atoms with Gasteiger partial charge in [-0.05, 0) is 18.6 Å². The van der Waals surface area contributed by atoms with Crippen LogP contribution in [0.3, 0.4) is 0 Å². The second-order valence-corrected chi connectivity index (χ2v) is 4.06. The topological polar surface area (TPSA) is 71.1 Å². The van der Waals surface area contributed by atoms with Crippen LogP contribution in [0, 0.1) is 0 Å². The number of pyridine rings is 1. The van der Waals surface area contributed by atoms with Crippen LogP contribution in [0.25, 0.3) is 0 Å². The fourth-order valence-corrected chi connectivity index (χ4v) is 1.50. The highest BCUT2D eigenvalue weighted by atomic mass is 35.5. The van der Waals surface area contributed by atoms with Crippen molar-refractivity contribution in [1.29, 1.82) is 0 Å². The highest BCUT2D eigenvalue weighted by Gasteiger charge is 2.10. The van der Waals surface area contributed by atoms with Crippen LogP contribution in [-0.4, -0.2) is 29.9 Å². The molecule has 6 heteroatoms. The summed E-state index contributed by atoms with van der Waals surface area (Å²) in [5.74, 6) is -0.397. The van der Waals surface area contributed by atoms with Crippen molar-refractivity contribution in [2.45, 2.75) is 19.8 Å². The van der Waals surface area contributed by atoms with E-state index in [1.54, 1.807) is 12.1 Å². The number of amides is 2. The lowest BCUT2D eigenvalue weighted by Crippen LogP contribution is -2.31. The Morgan fingerprint density at radius 3 is 2.78 bits per heavy atom. The maximum Gasteiger partial charge on any atom is 0.254 e. The quantitative estimate of drug-likeness (QED) is 0.767. The molecule has 98 valence electrons. The molecule has 0 aliphatic rings. The maximum atomic E-state index is 11.7. The Bertz CT molecular complexity index is 424. The summed E-state index contributed by atoms with van der Waals surface area (Å²) in [5.41, 5.74) is 0.313. The van der Waals surface area contributed by atoms with E-state index in [2.05, 4.69) is 15.6 Å². The fraction of sp³-hybridized carbons (Fsp3) is 0.417. The molecule has 0 saturated carbocycles. The van der Waals surface area contributed by atoms with Crippen molar-refractivity contribution in [2.75, 3.05) is 13.1 Å². The van der Waals surface area contributed by atoms with Crippen molar-refractivity contribution >= 4 is 23.4 Å². The molecule has 0 unspecified atom stereocenters. The van der Waals surface area contributed by atoms with Crippen molar-refractivity contribution in [3.05, 3.63) is 29.0 Å². The first-order chi connectivity index (χ1) is 8.65. The van der Waals surface area contributed by atoms with E-state index < -0.39 is 0 Å². The molecule has 0 aliphatic carbocycles. The van der Waals surface area contributed by atoms with Gasteiger partial charge < -0.3 is 10.6 Å². The number of hydrogen-bond acceptors (Lipinski definition) is 3. The molecular formula is C12H16ClN3O2. The Morgan fingerprint density at radius 2 is 2.11 bits per heavy atom. The Balaban J connectivity index is 2.34. The third kappa shape index (κ3) is 4.71. The van der Waals surface area contributed by atoms with Gasteiger partial charge in [0.15, 0.2) is 0 Å². The summed E-state index contributed by atoms with van der Waals surface area (Å²) >= 11 is 5.78. The summed E-state index contributed by atoms with van der Waals surface area (Å²) in [7, 11) is 0. The zero-order valence-corrected chi connectivity index (χ0v) is 11.0. The minimum atomic E-state index is -0.323. The van der Waals surface area contributed by atoms with Crippen LogP contribution < -0.4 is 10.6 Å². The van der Waals surface area contributed by atoms with Gasteiger partial charge in [0, 0.05) is 25.7 Å². The van der Waals surface area contributed by atoms with Gasteiger partial charge in [-0.25, -0.2) is 4.98 Å². The first kappa shape index (κ1) is 14.4. The molecular weight excluding hydrogens is 254 g/mol. The minimum Gasteiger partial charge on any atom is -0.356 e. The van der Waals surface area contributed by atoms with E-state index in [-0.39, 0.29) is 29.9 Å². The highest BCUT2D eigenvalue weighted by Crippen LogP contribution is 2.10. The second kappa shape index (κ2) is 7.66. The molecule has 1 aromatic rings. The van der Waals surface area contributed by atoms with Crippen LogP contribution >= 0.6 is 11.6 Å². The van der Waals surface area contributed by atoms with Gasteiger partial charge in [-0.1, -0.05) is 18.5 Å². The van der Waals surface area contributed by atoms with Crippen molar-refractivity contribution in [2.24, 2.45) is 0 Å². The zero-order valence-electron chi connectivity index (χ0n) is 10.2. The summed E-state index contributed by atoms with van der Waals surface area (Å²) in [6.45, 7) is 2.91. The lowest BCUT2D eigenvalue weighted by atomic mass is 10.2. The van der Waals surface area contributed by atoms with Gasteiger partial charge in [-0.3, -0.25) is 9.59 Å². The van der Waals surface area contributed by atoms with Gasteiger partial charge in [0.25, 0.3) is 5.91 Å². The lowest BCUT2D eigenvalue weighted by molar-refractivity contribution is -0.120. The van der Waals surface area contributed by atoms with Crippen molar-refractivity contribution < 1.29 is 9.59 Å². The maximum absolute atomic E-state index is 11.7. The largest absolute Gasteiger partial charge is 0.356 e. The van der Waals surface area contributed by atoms with E-state index in [1.807, 2.05) is 6.92 Å². The molecule has 18 heavy (non-hydrogen) atoms. The van der Waals surface area contributed by atoms with E-state index >= 15 is 0 Å². The van der Waals surface area contributed by atoms with Gasteiger partial charge in [0.1, 0.15) is 5.15 Å². The van der Waals surface area contributed by atoms with Gasteiger partial charge >= 0.3 is 0 Å². The number of rotatable bonds is 6. The van der Waals surface area contributed by atoms with Crippen LogP contribution in [0.2, 0.25) is 5.15 Å². The molecule has 0 spiro atoms. The number of nitrogens with zero attached hydrogens (tertiary/aromatic N) is 1. The minimum absolute atomic E-state index is 0.0746. The van der Waals surface area contributed by atoms with E-state index in [0.717, 1.165) is 6.42 Å². The van der Waals surface area contributed by atoms with Gasteiger partial charge in [-0.15, -0.1) is 0 Å². The molecule has 0 aromatic carbocycles. The molecule has 0 atom stereocenters. The molecule has 1 aromatic heterocycles. The van der Waals surface area contributed by atoms with E-state index in [1.165, 1.54) is 6.20 Å². The Hall–Kier alpha value is -1.62. The number of nitrogens with one attached hydrogen (secondary N) is 2. The zero-order chi connectivity index (χ0) is 13.4. The predicted octanol–water partition coefficient (Wildman–Crippen LogP) is 1.38. The molecule has 5 nitrogen and oxygen atoms in total. The van der Waals surface area contributed by atoms with Gasteiger partial charge in [0.05, 0.1) is 5.56 Å². The summed E-state index contributed by atoms with van der Waals surface area (Å²) in [6.07, 6.45) is 2.66. The number of halogens is 1. The number of hydrogen-bond donors (Lipinski definition) is 2. The molecule has 0 fully saturated rings. The first-order valence-corrected chi connectivity index (χ1v) is 6.18. The van der Waals surface area contributed by atoms with Crippen LogP contribution in [0.5, 0.6) is 0 Å². The molecule has 2 N–H and O–H groups in total. The molecule has 0 radical (unpaired) electrons. The molecule has 0 aliphatic heterocycles. The van der Waals surface area contributed by atoms with Crippen LogP contribution in [-0.2, 0) is 4.79 Å². The molecule has 1 heterocycles. The Labute approximate surface area is 111 Å². The first-order valence-electron chi connectivity index (χ1n) is 5.80. The molecule has 2 amide bonds. The Morgan fingerprint density at radius 1 is 1.33 bits per heavy atom. The average Bonchev–Trinajstić information content (AvgIpc) is 2.36. The standard InChI is InChI=1S/C12H16ClN3O2/c1-2-6-14-10(17)5-8-16-12(18)9-4-3-7-15-11(9)13/h3-4,7H,2,5-6,8H2,1H3,(H,14,17)(H,16,18). The summed E-state index contributed by atoms with van der Waals surface area (Å²) in [4.78, 5) is 26.8. The summed E-state index contributed by atoms with van der Waals surface area (Å²) in [6, 6.07) is 3.22. The lowest BCUT2D eigenvalue weighted by Gasteiger charge is -2.06. The van der Waals surface area contributed by atoms with E-state index in [9.17, 15) is 9.59 Å². The number of aromatic nitrogens is 1. The average molecular weight is 270 g/mol. The number of carbonyl (C=O) groups is 2. The second-order valence-electron chi connectivity index (χ2n) is 3.70. The summed E-state index contributed by atoms with van der Waals surface area (Å²) < 4.78 is 0. The molecule has 1 rings (SSSR count). The van der Waals surface area contributed by atoms with Gasteiger partial charge in [0.2, 0.25) is 5.91 Å². The monoisotopic (exact) mass is 269 g/mol. The molecule has 0 bridgehead atoms. The summed E-state index contributed by atoms with van der Waals surface area (Å²) in [5, 5.41) is 5.51. The van der Waals surface area contributed by atoms with Crippen molar-refractivity contribution in [3.63, 3.8) is 0 Å². The van der Waals surface area contributed by atoms with Gasteiger partial charge in [-0.2, -0.15) is 0 Å². The van der Waals surface area contributed by atoms with Crippen LogP contribution in [0.15, 0.2) is 18.3 Å². The third-order valence-electron chi connectivity index (χ3n) is 2.21. The number of carbonyl (C=O) groups excluding carboxylic acids is 2. The highest BCUT2D eigenvalue weighted by molar-refractivity contribution is 6.32. The van der Waals surface area contributed by atoms with Crippen molar-refractivity contribution in [3.8, 4) is 0 Å². The fourth-order valence-electron chi connectivity index (χ4n) is 1.29. The SMILES string of the molecule is CCCNC(=O)CCNC(=O)c1cccnc1Cl. The predicted molar refractivity (Wildman–Crippen MR) is 69.5 cm³/mol. The van der Waals surface area contributed by atoms with E-state index in [0.29, 0.717) is 12.1 Å². The Kier molecular flexibility index (Phi) is 6.14. The van der Waals surface area contributed by atoms with E-state index in [4.69, 9.17) is 11.6 Å². The van der Waals surface area contributed by atoms with Crippen LogP contribution in [0.4, 0.5) is 0 Å². The molecule has 0 saturated heterocycles.